The smallest absolute Gasteiger partial charge is 0.233 e. The maximum Gasteiger partial charge on any atom is 0.233 e. The molecule has 0 aliphatic carbocycles. The van der Waals surface area contributed by atoms with Crippen LogP contribution >= 0.6 is 0 Å². The minimum absolute atomic E-state index is 0.218. The van der Waals surface area contributed by atoms with E-state index in [-0.39, 0.29) is 6.42 Å². The Morgan fingerprint density at radius 3 is 3.11 bits per heavy atom. The van der Waals surface area contributed by atoms with Crippen LogP contribution in [0.1, 0.15) is 38.4 Å². The quantitative estimate of drug-likeness (QED) is 0.742. The first-order chi connectivity index (χ1) is 8.69. The predicted octanol–water partition coefficient (Wildman–Crippen LogP) is 1.47. The number of aromatic nitrogens is 2. The fourth-order valence-electron chi connectivity index (χ4n) is 2.52. The van der Waals surface area contributed by atoms with Crippen molar-refractivity contribution in [3.05, 3.63) is 11.7 Å². The third kappa shape index (κ3) is 3.38. The molecule has 0 aromatic carbocycles. The van der Waals surface area contributed by atoms with E-state index in [2.05, 4.69) is 28.9 Å². The third-order valence-corrected chi connectivity index (χ3v) is 3.52. The van der Waals surface area contributed by atoms with Crippen molar-refractivity contribution < 1.29 is 9.32 Å². The normalized spacial score (nSPS) is 21.4. The fraction of sp³-hybridized carbons (Fsp3) is 0.769. The summed E-state index contributed by atoms with van der Waals surface area (Å²) in [5.41, 5.74) is 0. The molecule has 0 amide bonds. The van der Waals surface area contributed by atoms with Gasteiger partial charge in [-0.15, -0.1) is 0 Å². The van der Waals surface area contributed by atoms with E-state index in [4.69, 9.17) is 4.52 Å². The number of piperidine rings is 1. The molecule has 1 aliphatic heterocycles. The molecule has 2 heterocycles. The zero-order valence-corrected chi connectivity index (χ0v) is 11.1. The lowest BCUT2D eigenvalue weighted by atomic mass is 9.94. The lowest BCUT2D eigenvalue weighted by Crippen LogP contribution is -2.40. The SMILES string of the molecule is CC(C)N1CCCC(Cc2noc(CC=O)n2)C1. The van der Waals surface area contributed by atoms with Gasteiger partial charge < -0.3 is 14.2 Å². The highest BCUT2D eigenvalue weighted by Gasteiger charge is 2.23. The molecule has 1 atom stereocenters. The van der Waals surface area contributed by atoms with Crippen molar-refractivity contribution in [1.82, 2.24) is 15.0 Å². The highest BCUT2D eigenvalue weighted by Crippen LogP contribution is 2.21. The largest absolute Gasteiger partial charge is 0.339 e. The van der Waals surface area contributed by atoms with Crippen LogP contribution in [0.15, 0.2) is 4.52 Å². The Kier molecular flexibility index (Phi) is 4.47. The molecule has 2 rings (SSSR count). The molecule has 0 bridgehead atoms. The van der Waals surface area contributed by atoms with Crippen molar-refractivity contribution >= 4 is 6.29 Å². The first-order valence-electron chi connectivity index (χ1n) is 6.68. The Hall–Kier alpha value is -1.23. The van der Waals surface area contributed by atoms with Crippen LogP contribution in [0, 0.1) is 5.92 Å². The summed E-state index contributed by atoms with van der Waals surface area (Å²) in [5, 5.41) is 3.94. The molecule has 0 radical (unpaired) electrons. The van der Waals surface area contributed by atoms with Gasteiger partial charge in [0.1, 0.15) is 6.29 Å². The standard InChI is InChI=1S/C13H21N3O2/c1-10(2)16-6-3-4-11(9-16)8-12-14-13(5-7-17)18-15-12/h7,10-11H,3-6,8-9H2,1-2H3. The average Bonchev–Trinajstić information content (AvgIpc) is 2.77. The molecule has 1 aromatic heterocycles. The number of carbonyl (C=O) groups excluding carboxylic acids is 1. The molecule has 18 heavy (non-hydrogen) atoms. The molecule has 0 spiro atoms. The van der Waals surface area contributed by atoms with Crippen molar-refractivity contribution in [2.75, 3.05) is 13.1 Å². The number of aldehydes is 1. The molecule has 100 valence electrons. The molecule has 5 nitrogen and oxygen atoms in total. The van der Waals surface area contributed by atoms with E-state index in [0.717, 1.165) is 25.1 Å². The second-order valence-corrected chi connectivity index (χ2v) is 5.28. The van der Waals surface area contributed by atoms with E-state index in [9.17, 15) is 4.79 Å². The van der Waals surface area contributed by atoms with E-state index in [1.54, 1.807) is 0 Å². The van der Waals surface area contributed by atoms with Crippen molar-refractivity contribution in [2.24, 2.45) is 5.92 Å². The zero-order chi connectivity index (χ0) is 13.0. The molecule has 1 saturated heterocycles. The van der Waals surface area contributed by atoms with Crippen molar-refractivity contribution in [2.45, 2.75) is 45.6 Å². The summed E-state index contributed by atoms with van der Waals surface area (Å²) in [6.45, 7) is 6.77. The third-order valence-electron chi connectivity index (χ3n) is 3.52. The molecule has 5 heteroatoms. The molecule has 1 unspecified atom stereocenters. The molecule has 1 aromatic rings. The van der Waals surface area contributed by atoms with Crippen LogP contribution in [0.4, 0.5) is 0 Å². The van der Waals surface area contributed by atoms with Crippen LogP contribution in [0.2, 0.25) is 0 Å². The van der Waals surface area contributed by atoms with Gasteiger partial charge >= 0.3 is 0 Å². The summed E-state index contributed by atoms with van der Waals surface area (Å²) in [7, 11) is 0. The van der Waals surface area contributed by atoms with Crippen LogP contribution in [-0.2, 0) is 17.6 Å². The van der Waals surface area contributed by atoms with Gasteiger partial charge in [-0.3, -0.25) is 0 Å². The van der Waals surface area contributed by atoms with Crippen LogP contribution in [0.3, 0.4) is 0 Å². The molecule has 0 saturated carbocycles. The van der Waals surface area contributed by atoms with E-state index in [1.165, 1.54) is 19.4 Å². The summed E-state index contributed by atoms with van der Waals surface area (Å²) < 4.78 is 5.01. The van der Waals surface area contributed by atoms with Crippen molar-refractivity contribution in [3.63, 3.8) is 0 Å². The number of likely N-dealkylation sites (tertiary alicyclic amines) is 1. The van der Waals surface area contributed by atoms with Crippen molar-refractivity contribution in [1.29, 1.82) is 0 Å². The maximum absolute atomic E-state index is 10.4. The Morgan fingerprint density at radius 1 is 1.56 bits per heavy atom. The van der Waals surface area contributed by atoms with E-state index in [0.29, 0.717) is 17.9 Å². The van der Waals surface area contributed by atoms with Gasteiger partial charge in [0.15, 0.2) is 5.82 Å². The van der Waals surface area contributed by atoms with E-state index in [1.807, 2.05) is 0 Å². The van der Waals surface area contributed by atoms with Gasteiger partial charge in [0.25, 0.3) is 0 Å². The van der Waals surface area contributed by atoms with E-state index >= 15 is 0 Å². The lowest BCUT2D eigenvalue weighted by Gasteiger charge is -2.35. The summed E-state index contributed by atoms with van der Waals surface area (Å²) in [6, 6.07) is 0.601. The van der Waals surface area contributed by atoms with Crippen LogP contribution < -0.4 is 0 Å². The van der Waals surface area contributed by atoms with Crippen molar-refractivity contribution in [3.8, 4) is 0 Å². The van der Waals surface area contributed by atoms with Gasteiger partial charge in [-0.25, -0.2) is 0 Å². The topological polar surface area (TPSA) is 59.2 Å². The monoisotopic (exact) mass is 251 g/mol. The minimum Gasteiger partial charge on any atom is -0.339 e. The zero-order valence-electron chi connectivity index (χ0n) is 11.1. The highest BCUT2D eigenvalue weighted by molar-refractivity contribution is 5.52. The van der Waals surface area contributed by atoms with Crippen LogP contribution in [0.5, 0.6) is 0 Å². The maximum atomic E-state index is 10.4. The highest BCUT2D eigenvalue weighted by atomic mass is 16.5. The molecular formula is C13H21N3O2. The average molecular weight is 251 g/mol. The van der Waals surface area contributed by atoms with Gasteiger partial charge in [0, 0.05) is 19.0 Å². The lowest BCUT2D eigenvalue weighted by molar-refractivity contribution is -0.107. The number of hydrogen-bond acceptors (Lipinski definition) is 5. The van der Waals surface area contributed by atoms with Gasteiger partial charge in [0.2, 0.25) is 5.89 Å². The number of rotatable bonds is 5. The number of hydrogen-bond donors (Lipinski definition) is 0. The minimum atomic E-state index is 0.218. The Morgan fingerprint density at radius 2 is 2.39 bits per heavy atom. The summed E-state index contributed by atoms with van der Waals surface area (Å²) in [5.74, 6) is 1.77. The predicted molar refractivity (Wildman–Crippen MR) is 67.2 cm³/mol. The molecular weight excluding hydrogens is 230 g/mol. The Bertz CT molecular complexity index is 389. The number of carbonyl (C=O) groups is 1. The fourth-order valence-corrected chi connectivity index (χ4v) is 2.52. The van der Waals surface area contributed by atoms with E-state index < -0.39 is 0 Å². The van der Waals surface area contributed by atoms with Gasteiger partial charge in [-0.2, -0.15) is 4.98 Å². The first kappa shape index (κ1) is 13.2. The first-order valence-corrected chi connectivity index (χ1v) is 6.68. The van der Waals surface area contributed by atoms with Crippen LogP contribution in [0.25, 0.3) is 0 Å². The molecule has 1 aliphatic rings. The van der Waals surface area contributed by atoms with Gasteiger partial charge in [0.05, 0.1) is 6.42 Å². The molecule has 1 fully saturated rings. The summed E-state index contributed by atoms with van der Waals surface area (Å²) in [4.78, 5) is 17.1. The Labute approximate surface area is 108 Å². The second kappa shape index (κ2) is 6.09. The van der Waals surface area contributed by atoms with Gasteiger partial charge in [-0.1, -0.05) is 5.16 Å². The van der Waals surface area contributed by atoms with Gasteiger partial charge in [-0.05, 0) is 39.2 Å². The Balaban J connectivity index is 1.89. The number of nitrogens with zero attached hydrogens (tertiary/aromatic N) is 3. The second-order valence-electron chi connectivity index (χ2n) is 5.28. The summed E-state index contributed by atoms with van der Waals surface area (Å²) in [6.07, 6.45) is 4.32. The molecule has 0 N–H and O–H groups in total. The summed E-state index contributed by atoms with van der Waals surface area (Å²) >= 11 is 0. The van der Waals surface area contributed by atoms with Crippen LogP contribution in [-0.4, -0.2) is 40.5 Å².